The van der Waals surface area contributed by atoms with Crippen LogP contribution in [0, 0.1) is 48.9 Å². The van der Waals surface area contributed by atoms with Gasteiger partial charge in [-0.05, 0) is 168 Å². The van der Waals surface area contributed by atoms with Gasteiger partial charge in [0.1, 0.15) is 0 Å². The van der Waals surface area contributed by atoms with Crippen molar-refractivity contribution < 1.29 is 10.2 Å². The van der Waals surface area contributed by atoms with Crippen molar-refractivity contribution in [2.75, 3.05) is 0 Å². The first-order valence-electron chi connectivity index (χ1n) is 20.7. The van der Waals surface area contributed by atoms with Crippen molar-refractivity contribution in [1.29, 1.82) is 0 Å². The van der Waals surface area contributed by atoms with Gasteiger partial charge >= 0.3 is 0 Å². The number of aryl methyl sites for hydroxylation is 4. The minimum Gasteiger partial charge on any atom is -0.393 e. The zero-order valence-corrected chi connectivity index (χ0v) is 35.3. The number of aliphatic hydroxyl groups excluding tert-OH is 2. The number of terminal acetylenes is 1. The molecule has 0 bridgehead atoms. The van der Waals surface area contributed by atoms with Crippen LogP contribution in [-0.4, -0.2) is 22.4 Å². The lowest BCUT2D eigenvalue weighted by atomic mass is 9.66. The lowest BCUT2D eigenvalue weighted by Gasteiger charge is -2.38. The van der Waals surface area contributed by atoms with Gasteiger partial charge in [-0.15, -0.1) is 6.42 Å². The van der Waals surface area contributed by atoms with Crippen LogP contribution in [0.4, 0.5) is 0 Å². The highest BCUT2D eigenvalue weighted by Gasteiger charge is 2.48. The molecule has 0 radical (unpaired) electrons. The Balaban J connectivity index is 0.000000150. The molecule has 0 spiro atoms. The van der Waals surface area contributed by atoms with Crippen molar-refractivity contribution in [2.24, 2.45) is 10.8 Å². The van der Waals surface area contributed by atoms with E-state index in [4.69, 9.17) is 6.42 Å². The molecule has 0 unspecified atom stereocenters. The monoisotopic (exact) mass is 828 g/mol. The summed E-state index contributed by atoms with van der Waals surface area (Å²) in [4.78, 5) is 0. The minimum absolute atomic E-state index is 0. The van der Waals surface area contributed by atoms with Gasteiger partial charge in [-0.1, -0.05) is 139 Å². The second kappa shape index (κ2) is 16.9. The maximum Gasteiger partial charge on any atom is 0.0551 e. The lowest BCUT2D eigenvalue weighted by molar-refractivity contribution is 0.159. The standard InChI is InChI=1S/C27H26O.C19H21BrO.C8H6.CH4/c1-18-8-11-22-20(10-9-19-6-4-3-5-7-19)15-25-23(24(22)14-18)12-13-27(2)17-21(28)16-26(25)27;1-11-3-4-14-15(7-11)13-5-6-19(2)10-12(21)8-17(19)16(13)9-18(14)20;1-2-8-6-4-3-5-7-8;/h3-8,11,14-15,21,26,28H,12-13,16-17H2,1-2H3;3-4,7,9,12,17,21H,5-6,8,10H2,1-2H3;1,3-7H;1H4/t21-,26+,27-;12-,17+,19-;;/m11../s1. The Bertz CT molecular complexity index is 2560. The molecular weight excluding hydrogens is 773 g/mol. The molecule has 6 aromatic rings. The number of halogens is 1. The van der Waals surface area contributed by atoms with E-state index in [1.165, 1.54) is 72.2 Å². The third-order valence-electron chi connectivity index (χ3n) is 13.6. The van der Waals surface area contributed by atoms with Gasteiger partial charge in [0.05, 0.1) is 12.2 Å². The van der Waals surface area contributed by atoms with E-state index in [0.29, 0.717) is 11.8 Å². The molecule has 2 nitrogen and oxygen atoms in total. The molecule has 3 heteroatoms. The van der Waals surface area contributed by atoms with Gasteiger partial charge in [-0.25, -0.2) is 0 Å². The summed E-state index contributed by atoms with van der Waals surface area (Å²) in [7, 11) is 0. The summed E-state index contributed by atoms with van der Waals surface area (Å²) in [6.45, 7) is 9.07. The number of benzene rings is 6. The molecule has 0 saturated heterocycles. The number of hydrogen-bond acceptors (Lipinski definition) is 2. The second-order valence-electron chi connectivity index (χ2n) is 17.7. The van der Waals surface area contributed by atoms with Crippen LogP contribution in [-0.2, 0) is 12.8 Å². The Morgan fingerprint density at radius 1 is 0.603 bits per heavy atom. The van der Waals surface area contributed by atoms with Crippen molar-refractivity contribution >= 4 is 37.5 Å². The Morgan fingerprint density at radius 2 is 1.09 bits per heavy atom. The second-order valence-corrected chi connectivity index (χ2v) is 18.6. The molecule has 296 valence electrons. The van der Waals surface area contributed by atoms with E-state index in [-0.39, 0.29) is 30.5 Å². The average molecular weight is 830 g/mol. The first-order chi connectivity index (χ1) is 27.4. The molecule has 2 fully saturated rings. The normalized spacial score (nSPS) is 24.8. The fourth-order valence-corrected chi connectivity index (χ4v) is 11.3. The van der Waals surface area contributed by atoms with Crippen LogP contribution in [0.25, 0.3) is 21.5 Å². The van der Waals surface area contributed by atoms with E-state index < -0.39 is 0 Å². The van der Waals surface area contributed by atoms with Crippen LogP contribution in [0.15, 0.2) is 114 Å². The highest BCUT2D eigenvalue weighted by molar-refractivity contribution is 9.10. The Labute approximate surface area is 355 Å². The molecule has 6 atom stereocenters. The number of rotatable bonds is 0. The minimum atomic E-state index is -0.173. The molecule has 6 aromatic carbocycles. The van der Waals surface area contributed by atoms with Crippen molar-refractivity contribution in [3.63, 3.8) is 0 Å². The Hall–Kier alpha value is -4.64. The van der Waals surface area contributed by atoms with E-state index in [0.717, 1.165) is 55.2 Å². The first kappa shape index (κ1) is 41.5. The fraction of sp³-hybridized carbons (Fsp3) is 0.345. The van der Waals surface area contributed by atoms with E-state index in [9.17, 15) is 10.2 Å². The zero-order valence-electron chi connectivity index (χ0n) is 33.7. The predicted octanol–water partition coefficient (Wildman–Crippen LogP) is 13.1. The summed E-state index contributed by atoms with van der Waals surface area (Å²) in [6.07, 6.45) is 13.1. The van der Waals surface area contributed by atoms with Gasteiger partial charge in [0.2, 0.25) is 0 Å². The molecule has 4 aliphatic carbocycles. The summed E-state index contributed by atoms with van der Waals surface area (Å²) in [5.74, 6) is 10.3. The molecule has 58 heavy (non-hydrogen) atoms. The molecule has 2 saturated carbocycles. The topological polar surface area (TPSA) is 40.5 Å². The van der Waals surface area contributed by atoms with E-state index in [1.807, 2.05) is 48.5 Å². The van der Waals surface area contributed by atoms with E-state index in [1.54, 1.807) is 0 Å². The van der Waals surface area contributed by atoms with Crippen LogP contribution >= 0.6 is 15.9 Å². The Kier molecular flexibility index (Phi) is 12.1. The van der Waals surface area contributed by atoms with Gasteiger partial charge in [0.25, 0.3) is 0 Å². The molecule has 0 aliphatic heterocycles. The van der Waals surface area contributed by atoms with Crippen molar-refractivity contribution in [2.45, 2.75) is 111 Å². The zero-order chi connectivity index (χ0) is 39.9. The van der Waals surface area contributed by atoms with Crippen LogP contribution in [0.3, 0.4) is 0 Å². The smallest absolute Gasteiger partial charge is 0.0551 e. The molecule has 0 heterocycles. The molecular formula is C55H57BrO2. The molecule has 2 N–H and O–H groups in total. The van der Waals surface area contributed by atoms with E-state index >= 15 is 0 Å². The third-order valence-corrected chi connectivity index (χ3v) is 14.3. The number of hydrogen-bond donors (Lipinski definition) is 2. The number of aliphatic hydroxyl groups is 2. The van der Waals surface area contributed by atoms with Crippen LogP contribution in [0.2, 0.25) is 0 Å². The maximum atomic E-state index is 10.4. The summed E-state index contributed by atoms with van der Waals surface area (Å²) >= 11 is 3.77. The quantitative estimate of drug-likeness (QED) is 0.150. The van der Waals surface area contributed by atoms with E-state index in [2.05, 4.69) is 122 Å². The third kappa shape index (κ3) is 8.16. The van der Waals surface area contributed by atoms with Crippen molar-refractivity contribution in [3.05, 3.63) is 164 Å². The summed E-state index contributed by atoms with van der Waals surface area (Å²) < 4.78 is 1.20. The fourth-order valence-electron chi connectivity index (χ4n) is 10.7. The average Bonchev–Trinajstić information content (AvgIpc) is 3.71. The van der Waals surface area contributed by atoms with Crippen LogP contribution in [0.1, 0.15) is 122 Å². The van der Waals surface area contributed by atoms with Gasteiger partial charge in [0.15, 0.2) is 0 Å². The molecule has 10 rings (SSSR count). The van der Waals surface area contributed by atoms with Gasteiger partial charge in [-0.2, -0.15) is 0 Å². The first-order valence-corrected chi connectivity index (χ1v) is 21.5. The van der Waals surface area contributed by atoms with Crippen LogP contribution < -0.4 is 0 Å². The SMILES string of the molecule is C.C#Cc1ccccc1.Cc1ccc2c(Br)cc3c(c2c1)CC[C@]1(C)C[C@H](O)C[C@@H]31.Cc1ccc2c(C#Cc3ccccc3)cc3c(c2c1)CC[C@]1(C)C[C@H](O)C[C@@H]31. The van der Waals surface area contributed by atoms with Gasteiger partial charge in [-0.3, -0.25) is 0 Å². The summed E-state index contributed by atoms with van der Waals surface area (Å²) in [5.41, 5.74) is 12.1. The van der Waals surface area contributed by atoms with Gasteiger partial charge in [0, 0.05) is 21.2 Å². The predicted molar refractivity (Wildman–Crippen MR) is 247 cm³/mol. The highest BCUT2D eigenvalue weighted by atomic mass is 79.9. The lowest BCUT2D eigenvalue weighted by Crippen LogP contribution is -2.27. The van der Waals surface area contributed by atoms with Crippen LogP contribution in [0.5, 0.6) is 0 Å². The van der Waals surface area contributed by atoms with Gasteiger partial charge < -0.3 is 10.2 Å². The molecule has 0 amide bonds. The maximum absolute atomic E-state index is 10.4. The largest absolute Gasteiger partial charge is 0.393 e. The molecule has 4 aliphatic rings. The Morgan fingerprint density at radius 3 is 1.60 bits per heavy atom. The highest BCUT2D eigenvalue weighted by Crippen LogP contribution is 2.58. The number of fused-ring (bicyclic) bond motifs is 10. The summed E-state index contributed by atoms with van der Waals surface area (Å²) in [6, 6.07) is 38.0. The summed E-state index contributed by atoms with van der Waals surface area (Å²) in [5, 5.41) is 25.9. The van der Waals surface area contributed by atoms with Crippen molar-refractivity contribution in [1.82, 2.24) is 0 Å². The van der Waals surface area contributed by atoms with Crippen molar-refractivity contribution in [3.8, 4) is 24.2 Å². The molecule has 0 aromatic heterocycles.